The van der Waals surface area contributed by atoms with Crippen LogP contribution in [0.3, 0.4) is 0 Å². The van der Waals surface area contributed by atoms with Crippen LogP contribution in [0.5, 0.6) is 11.6 Å². The molecule has 9 nitrogen and oxygen atoms in total. The van der Waals surface area contributed by atoms with E-state index in [4.69, 9.17) is 23.7 Å². The van der Waals surface area contributed by atoms with Crippen LogP contribution in [0.2, 0.25) is 0 Å². The molecule has 0 unspecified atom stereocenters. The van der Waals surface area contributed by atoms with Gasteiger partial charge in [-0.1, -0.05) is 0 Å². The van der Waals surface area contributed by atoms with Gasteiger partial charge in [0.2, 0.25) is 0 Å². The summed E-state index contributed by atoms with van der Waals surface area (Å²) < 4.78 is 25.6. The van der Waals surface area contributed by atoms with Crippen molar-refractivity contribution in [1.82, 2.24) is 4.98 Å². The summed E-state index contributed by atoms with van der Waals surface area (Å²) in [6, 6.07) is 1.57. The van der Waals surface area contributed by atoms with E-state index in [0.29, 0.717) is 24.7 Å². The van der Waals surface area contributed by atoms with E-state index in [2.05, 4.69) is 9.98 Å². The minimum atomic E-state index is -1.28. The number of rotatable bonds is 7. The average molecular weight is 352 g/mol. The zero-order chi connectivity index (χ0) is 18.4. The summed E-state index contributed by atoms with van der Waals surface area (Å²) in [7, 11) is 3.02. The van der Waals surface area contributed by atoms with Gasteiger partial charge in [0.1, 0.15) is 6.61 Å². The first-order chi connectivity index (χ1) is 11.9. The van der Waals surface area contributed by atoms with Crippen LogP contribution in [-0.2, 0) is 23.8 Å². The number of pyridine rings is 1. The Morgan fingerprint density at radius 3 is 2.52 bits per heavy atom. The Kier molecular flexibility index (Phi) is 5.92. The molecule has 1 aromatic rings. The smallest absolute Gasteiger partial charge is 0.329 e. The molecule has 0 saturated carbocycles. The van der Waals surface area contributed by atoms with E-state index in [9.17, 15) is 9.59 Å². The third-order valence-corrected chi connectivity index (χ3v) is 3.12. The van der Waals surface area contributed by atoms with Gasteiger partial charge in [-0.05, 0) is 0 Å². The van der Waals surface area contributed by atoms with Gasteiger partial charge in [-0.15, -0.1) is 0 Å². The highest BCUT2D eigenvalue weighted by molar-refractivity contribution is 6.10. The van der Waals surface area contributed by atoms with Crippen LogP contribution in [-0.4, -0.2) is 56.4 Å². The first-order valence-electron chi connectivity index (χ1n) is 7.52. The van der Waals surface area contributed by atoms with Crippen molar-refractivity contribution in [2.75, 3.05) is 27.4 Å². The minimum Gasteiger partial charge on any atom is -0.485 e. The average Bonchev–Trinajstić information content (AvgIpc) is 2.53. The highest BCUT2D eigenvalue weighted by Gasteiger charge is 2.42. The van der Waals surface area contributed by atoms with Crippen LogP contribution >= 0.6 is 0 Å². The molecule has 2 rings (SSSR count). The SMILES string of the molecule is COCCOc1cc(N=CC2C(=O)OC(C)(C)OC2=O)cnc1OC. The summed E-state index contributed by atoms with van der Waals surface area (Å²) in [5.74, 6) is -3.29. The predicted octanol–water partition coefficient (Wildman–Crippen LogP) is 1.27. The molecule has 0 spiro atoms. The first-order valence-corrected chi connectivity index (χ1v) is 7.52. The van der Waals surface area contributed by atoms with Gasteiger partial charge in [0.05, 0.1) is 25.6 Å². The monoisotopic (exact) mass is 352 g/mol. The molecule has 136 valence electrons. The highest BCUT2D eigenvalue weighted by atomic mass is 16.7. The molecule has 1 aliphatic rings. The zero-order valence-corrected chi connectivity index (χ0v) is 14.5. The van der Waals surface area contributed by atoms with Crippen molar-refractivity contribution in [3.05, 3.63) is 12.3 Å². The van der Waals surface area contributed by atoms with E-state index < -0.39 is 23.6 Å². The summed E-state index contributed by atoms with van der Waals surface area (Å²) in [5.41, 5.74) is 0.374. The van der Waals surface area contributed by atoms with Crippen LogP contribution in [0, 0.1) is 5.92 Å². The third kappa shape index (κ3) is 4.90. The number of nitrogens with zero attached hydrogens (tertiary/aromatic N) is 2. The summed E-state index contributed by atoms with van der Waals surface area (Å²) in [5, 5.41) is 0. The third-order valence-electron chi connectivity index (χ3n) is 3.12. The van der Waals surface area contributed by atoms with Crippen LogP contribution in [0.4, 0.5) is 5.69 Å². The van der Waals surface area contributed by atoms with Crippen molar-refractivity contribution in [3.63, 3.8) is 0 Å². The fraction of sp³-hybridized carbons (Fsp3) is 0.500. The van der Waals surface area contributed by atoms with Crippen molar-refractivity contribution >= 4 is 23.8 Å². The number of methoxy groups -OCH3 is 2. The number of carbonyl (C=O) groups excluding carboxylic acids is 2. The van der Waals surface area contributed by atoms with E-state index in [-0.39, 0.29) is 5.88 Å². The number of hydrogen-bond donors (Lipinski definition) is 0. The molecule has 0 amide bonds. The maximum Gasteiger partial charge on any atom is 0.329 e. The molecule has 1 aliphatic heterocycles. The van der Waals surface area contributed by atoms with E-state index in [1.54, 1.807) is 13.2 Å². The maximum absolute atomic E-state index is 11.9. The van der Waals surface area contributed by atoms with E-state index >= 15 is 0 Å². The van der Waals surface area contributed by atoms with Gasteiger partial charge in [0.25, 0.3) is 11.7 Å². The quantitative estimate of drug-likeness (QED) is 0.313. The zero-order valence-electron chi connectivity index (χ0n) is 14.5. The lowest BCUT2D eigenvalue weighted by atomic mass is 10.1. The second-order valence-corrected chi connectivity index (χ2v) is 5.54. The molecule has 1 saturated heterocycles. The fourth-order valence-electron chi connectivity index (χ4n) is 1.99. The van der Waals surface area contributed by atoms with Crippen molar-refractivity contribution in [2.45, 2.75) is 19.6 Å². The predicted molar refractivity (Wildman–Crippen MR) is 86.1 cm³/mol. The number of esters is 2. The topological polar surface area (TPSA) is 106 Å². The lowest BCUT2D eigenvalue weighted by Crippen LogP contribution is -2.46. The minimum absolute atomic E-state index is 0.285. The van der Waals surface area contributed by atoms with Crippen molar-refractivity contribution in [2.24, 2.45) is 10.9 Å². The van der Waals surface area contributed by atoms with Gasteiger partial charge in [0, 0.05) is 33.2 Å². The molecule has 9 heteroatoms. The fourth-order valence-corrected chi connectivity index (χ4v) is 1.99. The van der Waals surface area contributed by atoms with Crippen LogP contribution < -0.4 is 9.47 Å². The molecule has 0 bridgehead atoms. The molecular weight excluding hydrogens is 332 g/mol. The second kappa shape index (κ2) is 7.93. The molecular formula is C16H20N2O7. The van der Waals surface area contributed by atoms with Crippen molar-refractivity contribution in [1.29, 1.82) is 0 Å². The molecule has 2 heterocycles. The molecule has 0 aromatic carbocycles. The lowest BCUT2D eigenvalue weighted by Gasteiger charge is -2.31. The molecule has 1 aromatic heterocycles. The molecule has 0 aliphatic carbocycles. The Labute approximate surface area is 144 Å². The van der Waals surface area contributed by atoms with Crippen LogP contribution in [0.25, 0.3) is 0 Å². The second-order valence-electron chi connectivity index (χ2n) is 5.54. The largest absolute Gasteiger partial charge is 0.485 e. The molecule has 1 fully saturated rings. The van der Waals surface area contributed by atoms with Crippen LogP contribution in [0.1, 0.15) is 13.8 Å². The van der Waals surface area contributed by atoms with Gasteiger partial charge in [-0.25, -0.2) is 4.98 Å². The van der Waals surface area contributed by atoms with Gasteiger partial charge in [0.15, 0.2) is 11.7 Å². The van der Waals surface area contributed by atoms with Gasteiger partial charge in [-0.2, -0.15) is 0 Å². The van der Waals surface area contributed by atoms with Crippen molar-refractivity contribution < 1.29 is 33.3 Å². The van der Waals surface area contributed by atoms with E-state index in [1.165, 1.54) is 27.2 Å². The highest BCUT2D eigenvalue weighted by Crippen LogP contribution is 2.29. The van der Waals surface area contributed by atoms with Crippen molar-refractivity contribution in [3.8, 4) is 11.6 Å². The summed E-state index contributed by atoms with van der Waals surface area (Å²) in [4.78, 5) is 31.9. The Hall–Kier alpha value is -2.68. The Morgan fingerprint density at radius 2 is 1.92 bits per heavy atom. The molecule has 25 heavy (non-hydrogen) atoms. The number of aromatic nitrogens is 1. The van der Waals surface area contributed by atoms with Gasteiger partial charge < -0.3 is 23.7 Å². The first kappa shape index (κ1) is 18.7. The Balaban J connectivity index is 2.13. The van der Waals surface area contributed by atoms with E-state index in [0.717, 1.165) is 6.21 Å². The van der Waals surface area contributed by atoms with Crippen LogP contribution in [0.15, 0.2) is 17.3 Å². The summed E-state index contributed by atoms with van der Waals surface area (Å²) >= 11 is 0. The molecule has 0 radical (unpaired) electrons. The van der Waals surface area contributed by atoms with E-state index in [1.807, 2.05) is 0 Å². The number of ether oxygens (including phenoxy) is 5. The van der Waals surface area contributed by atoms with Gasteiger partial charge in [-0.3, -0.25) is 14.6 Å². The number of hydrogen-bond acceptors (Lipinski definition) is 9. The molecule has 0 atom stereocenters. The summed E-state index contributed by atoms with van der Waals surface area (Å²) in [6.45, 7) is 3.66. The lowest BCUT2D eigenvalue weighted by molar-refractivity contribution is -0.235. The number of carbonyl (C=O) groups is 2. The number of aliphatic imine (C=N–C) groups is 1. The Morgan fingerprint density at radius 1 is 1.24 bits per heavy atom. The summed E-state index contributed by atoms with van der Waals surface area (Å²) in [6.07, 6.45) is 2.57. The van der Waals surface area contributed by atoms with Gasteiger partial charge >= 0.3 is 11.9 Å². The normalized spacial score (nSPS) is 17.3. The molecule has 0 N–H and O–H groups in total. The number of cyclic esters (lactones) is 2. The standard InChI is InChI=1S/C16H20N2O7/c1-16(2)24-14(19)11(15(20)25-16)9-17-10-7-12(23-6-5-21-3)13(22-4)18-8-10/h7-9,11H,5-6H2,1-4H3. The maximum atomic E-state index is 11.9. The Bertz CT molecular complexity index is 652.